The number of hydrogen-bond acceptors (Lipinski definition) is 2. The summed E-state index contributed by atoms with van der Waals surface area (Å²) < 4.78 is 0. The van der Waals surface area contributed by atoms with Gasteiger partial charge in [0.05, 0.1) is 4.88 Å². The highest BCUT2D eigenvalue weighted by atomic mass is 35.5. The van der Waals surface area contributed by atoms with E-state index in [1.807, 2.05) is 19.1 Å². The highest BCUT2D eigenvalue weighted by Gasteiger charge is 2.05. The van der Waals surface area contributed by atoms with Crippen LogP contribution in [0.4, 0.5) is 0 Å². The molecule has 72 valence electrons. The van der Waals surface area contributed by atoms with Gasteiger partial charge < -0.3 is 5.32 Å². The van der Waals surface area contributed by atoms with Gasteiger partial charge >= 0.3 is 0 Å². The van der Waals surface area contributed by atoms with Crippen molar-refractivity contribution < 1.29 is 4.79 Å². The molecule has 0 aliphatic carbocycles. The van der Waals surface area contributed by atoms with E-state index in [-0.39, 0.29) is 5.91 Å². The number of hydrogen-bond donors (Lipinski definition) is 1. The lowest BCUT2D eigenvalue weighted by Crippen LogP contribution is -2.23. The third-order valence-electron chi connectivity index (χ3n) is 1.56. The standard InChI is InChI=1S/C9H12ClNOS/c1-7-3-4-8(13-7)9(12)11-6-2-5-10/h3-4H,2,5-6H2,1H3,(H,11,12). The van der Waals surface area contributed by atoms with Crippen LogP contribution in [0.15, 0.2) is 12.1 Å². The molecule has 0 radical (unpaired) electrons. The van der Waals surface area contributed by atoms with Crippen LogP contribution in [0.2, 0.25) is 0 Å². The highest BCUT2D eigenvalue weighted by Crippen LogP contribution is 2.14. The molecule has 0 unspecified atom stereocenters. The van der Waals surface area contributed by atoms with Crippen molar-refractivity contribution in [1.29, 1.82) is 0 Å². The van der Waals surface area contributed by atoms with Gasteiger partial charge in [-0.05, 0) is 25.5 Å². The van der Waals surface area contributed by atoms with Crippen molar-refractivity contribution in [3.8, 4) is 0 Å². The van der Waals surface area contributed by atoms with Crippen molar-refractivity contribution in [3.05, 3.63) is 21.9 Å². The van der Waals surface area contributed by atoms with Gasteiger partial charge in [-0.3, -0.25) is 4.79 Å². The molecule has 0 bridgehead atoms. The number of carbonyl (C=O) groups excluding carboxylic acids is 1. The summed E-state index contributed by atoms with van der Waals surface area (Å²) in [4.78, 5) is 13.3. The summed E-state index contributed by atoms with van der Waals surface area (Å²) in [5, 5.41) is 2.80. The van der Waals surface area contributed by atoms with Crippen LogP contribution in [0.1, 0.15) is 21.0 Å². The second kappa shape index (κ2) is 5.25. The predicted molar refractivity (Wildman–Crippen MR) is 56.7 cm³/mol. The molecule has 1 N–H and O–H groups in total. The Kier molecular flexibility index (Phi) is 4.25. The van der Waals surface area contributed by atoms with Gasteiger partial charge in [0.15, 0.2) is 0 Å². The Labute approximate surface area is 86.9 Å². The lowest BCUT2D eigenvalue weighted by atomic mass is 10.4. The molecular formula is C9H12ClNOS. The molecule has 1 heterocycles. The van der Waals surface area contributed by atoms with E-state index in [0.29, 0.717) is 12.4 Å². The molecule has 1 aromatic rings. The fourth-order valence-electron chi connectivity index (χ4n) is 0.912. The minimum atomic E-state index is 0.00298. The van der Waals surface area contributed by atoms with E-state index in [4.69, 9.17) is 11.6 Å². The second-order valence-electron chi connectivity index (χ2n) is 2.71. The van der Waals surface area contributed by atoms with E-state index in [9.17, 15) is 4.79 Å². The SMILES string of the molecule is Cc1ccc(C(=O)NCCCCl)s1. The Hall–Kier alpha value is -0.540. The zero-order valence-corrected chi connectivity index (χ0v) is 9.04. The van der Waals surface area contributed by atoms with Crippen LogP contribution in [0, 0.1) is 6.92 Å². The van der Waals surface area contributed by atoms with E-state index >= 15 is 0 Å². The van der Waals surface area contributed by atoms with Crippen LogP contribution in [0.25, 0.3) is 0 Å². The van der Waals surface area contributed by atoms with Crippen LogP contribution in [-0.4, -0.2) is 18.3 Å². The van der Waals surface area contributed by atoms with Gasteiger partial charge in [-0.1, -0.05) is 0 Å². The lowest BCUT2D eigenvalue weighted by Gasteiger charge is -2.00. The fraction of sp³-hybridized carbons (Fsp3) is 0.444. The van der Waals surface area contributed by atoms with Crippen LogP contribution in [0.3, 0.4) is 0 Å². The molecule has 0 saturated heterocycles. The maximum atomic E-state index is 11.4. The van der Waals surface area contributed by atoms with Crippen molar-refractivity contribution in [1.82, 2.24) is 5.32 Å². The van der Waals surface area contributed by atoms with E-state index in [1.54, 1.807) is 0 Å². The molecule has 0 fully saturated rings. The fourth-order valence-corrected chi connectivity index (χ4v) is 1.83. The third kappa shape index (κ3) is 3.36. The summed E-state index contributed by atoms with van der Waals surface area (Å²) in [6.45, 7) is 2.64. The quantitative estimate of drug-likeness (QED) is 0.609. The number of nitrogens with one attached hydrogen (secondary N) is 1. The molecular weight excluding hydrogens is 206 g/mol. The van der Waals surface area contributed by atoms with E-state index < -0.39 is 0 Å². The summed E-state index contributed by atoms with van der Waals surface area (Å²) >= 11 is 7.00. The summed E-state index contributed by atoms with van der Waals surface area (Å²) in [7, 11) is 0. The monoisotopic (exact) mass is 217 g/mol. The molecule has 0 atom stereocenters. The molecule has 0 aliphatic rings. The molecule has 1 amide bonds. The zero-order valence-electron chi connectivity index (χ0n) is 7.47. The van der Waals surface area contributed by atoms with Gasteiger partial charge in [0.1, 0.15) is 0 Å². The molecule has 0 aromatic carbocycles. The summed E-state index contributed by atoms with van der Waals surface area (Å²) in [6.07, 6.45) is 0.817. The van der Waals surface area contributed by atoms with Crippen LogP contribution in [-0.2, 0) is 0 Å². The van der Waals surface area contributed by atoms with E-state index in [0.717, 1.165) is 16.2 Å². The summed E-state index contributed by atoms with van der Waals surface area (Å²) in [5.74, 6) is 0.590. The predicted octanol–water partition coefficient (Wildman–Crippen LogP) is 2.42. The largest absolute Gasteiger partial charge is 0.351 e. The van der Waals surface area contributed by atoms with Crippen LogP contribution in [0.5, 0.6) is 0 Å². The van der Waals surface area contributed by atoms with Gasteiger partial charge in [0.25, 0.3) is 5.91 Å². The van der Waals surface area contributed by atoms with Crippen molar-refractivity contribution >= 4 is 28.8 Å². The first-order chi connectivity index (χ1) is 6.24. The number of alkyl halides is 1. The minimum absolute atomic E-state index is 0.00298. The number of thiophene rings is 1. The maximum absolute atomic E-state index is 11.4. The lowest BCUT2D eigenvalue weighted by molar-refractivity contribution is 0.0958. The first kappa shape index (κ1) is 10.5. The van der Waals surface area contributed by atoms with Crippen molar-refractivity contribution in [3.63, 3.8) is 0 Å². The Morgan fingerprint density at radius 1 is 1.62 bits per heavy atom. The topological polar surface area (TPSA) is 29.1 Å². The Bertz CT molecular complexity index is 285. The Balaban J connectivity index is 2.40. The van der Waals surface area contributed by atoms with Crippen LogP contribution >= 0.6 is 22.9 Å². The minimum Gasteiger partial charge on any atom is -0.351 e. The van der Waals surface area contributed by atoms with Crippen molar-refractivity contribution in [2.45, 2.75) is 13.3 Å². The van der Waals surface area contributed by atoms with Crippen molar-refractivity contribution in [2.24, 2.45) is 0 Å². The summed E-state index contributed by atoms with van der Waals surface area (Å²) in [6, 6.07) is 3.79. The normalized spacial score (nSPS) is 10.0. The average Bonchev–Trinajstić information content (AvgIpc) is 2.52. The number of carbonyl (C=O) groups is 1. The zero-order chi connectivity index (χ0) is 9.68. The highest BCUT2D eigenvalue weighted by molar-refractivity contribution is 7.13. The van der Waals surface area contributed by atoms with Gasteiger partial charge in [-0.25, -0.2) is 0 Å². The number of amides is 1. The molecule has 1 rings (SSSR count). The molecule has 0 saturated carbocycles. The number of halogens is 1. The van der Waals surface area contributed by atoms with Gasteiger partial charge in [0.2, 0.25) is 0 Å². The van der Waals surface area contributed by atoms with Crippen molar-refractivity contribution in [2.75, 3.05) is 12.4 Å². The second-order valence-corrected chi connectivity index (χ2v) is 4.37. The molecule has 4 heteroatoms. The molecule has 2 nitrogen and oxygen atoms in total. The Morgan fingerprint density at radius 2 is 2.38 bits per heavy atom. The van der Waals surface area contributed by atoms with E-state index in [2.05, 4.69) is 5.32 Å². The smallest absolute Gasteiger partial charge is 0.261 e. The molecule has 13 heavy (non-hydrogen) atoms. The third-order valence-corrected chi connectivity index (χ3v) is 2.83. The maximum Gasteiger partial charge on any atom is 0.261 e. The van der Waals surface area contributed by atoms with Gasteiger partial charge in [-0.15, -0.1) is 22.9 Å². The van der Waals surface area contributed by atoms with Gasteiger partial charge in [0, 0.05) is 17.3 Å². The molecule has 0 aliphatic heterocycles. The average molecular weight is 218 g/mol. The Morgan fingerprint density at radius 3 is 2.92 bits per heavy atom. The summed E-state index contributed by atoms with van der Waals surface area (Å²) in [5.41, 5.74) is 0. The first-order valence-corrected chi connectivity index (χ1v) is 5.49. The molecule has 1 aromatic heterocycles. The van der Waals surface area contributed by atoms with E-state index in [1.165, 1.54) is 11.3 Å². The first-order valence-electron chi connectivity index (χ1n) is 4.14. The molecule has 0 spiro atoms. The van der Waals surface area contributed by atoms with Gasteiger partial charge in [-0.2, -0.15) is 0 Å². The number of aryl methyl sites for hydroxylation is 1. The van der Waals surface area contributed by atoms with Crippen LogP contribution < -0.4 is 5.32 Å². The number of rotatable bonds is 4.